The van der Waals surface area contributed by atoms with E-state index in [0.717, 1.165) is 16.1 Å². The van der Waals surface area contributed by atoms with E-state index in [1.54, 1.807) is 22.0 Å². The van der Waals surface area contributed by atoms with Gasteiger partial charge in [0.2, 0.25) is 5.82 Å². The zero-order valence-corrected chi connectivity index (χ0v) is 14.3. The molecule has 3 heterocycles. The van der Waals surface area contributed by atoms with E-state index in [-0.39, 0.29) is 17.8 Å². The summed E-state index contributed by atoms with van der Waals surface area (Å²) in [4.78, 5) is 22.2. The minimum absolute atomic E-state index is 0.110. The topological polar surface area (TPSA) is 72.2 Å². The van der Waals surface area contributed by atoms with Crippen molar-refractivity contribution in [2.45, 2.75) is 13.0 Å². The molecule has 0 aliphatic rings. The smallest absolute Gasteiger partial charge is 0.291 e. The van der Waals surface area contributed by atoms with Gasteiger partial charge in [0, 0.05) is 16.8 Å². The normalized spacial score (nSPS) is 12.2. The zero-order valence-electron chi connectivity index (χ0n) is 13.5. The Bertz CT molecular complexity index is 1010. The lowest BCUT2D eigenvalue weighted by Gasteiger charge is -2.17. The van der Waals surface area contributed by atoms with Crippen molar-refractivity contribution in [1.82, 2.24) is 24.9 Å². The quantitative estimate of drug-likeness (QED) is 0.615. The maximum Gasteiger partial charge on any atom is 0.291 e. The Balaban J connectivity index is 1.67. The molecular formula is C18H15N5OS. The molecule has 0 bridgehead atoms. The SMILES string of the molecule is Cc1ccnc2nc(C(=O)NC(c3ccccc3)c3cccs3)nn12. The molecule has 1 amide bonds. The third kappa shape index (κ3) is 3.01. The average molecular weight is 349 g/mol. The van der Waals surface area contributed by atoms with Crippen LogP contribution in [-0.4, -0.2) is 25.5 Å². The number of fused-ring (bicyclic) bond motifs is 1. The van der Waals surface area contributed by atoms with Gasteiger partial charge in [0.05, 0.1) is 6.04 Å². The summed E-state index contributed by atoms with van der Waals surface area (Å²) in [6.45, 7) is 1.89. The van der Waals surface area contributed by atoms with Crippen LogP contribution in [0.25, 0.3) is 5.78 Å². The highest BCUT2D eigenvalue weighted by Crippen LogP contribution is 2.26. The van der Waals surface area contributed by atoms with Crippen LogP contribution in [-0.2, 0) is 0 Å². The third-order valence-corrected chi connectivity index (χ3v) is 4.81. The summed E-state index contributed by atoms with van der Waals surface area (Å²) in [6, 6.07) is 15.4. The van der Waals surface area contributed by atoms with E-state index in [2.05, 4.69) is 20.4 Å². The predicted molar refractivity (Wildman–Crippen MR) is 95.6 cm³/mol. The summed E-state index contributed by atoms with van der Waals surface area (Å²) in [5, 5.41) is 9.31. The number of rotatable bonds is 4. The number of hydrogen-bond acceptors (Lipinski definition) is 5. The van der Waals surface area contributed by atoms with E-state index in [9.17, 15) is 4.79 Å². The van der Waals surface area contributed by atoms with Crippen LogP contribution in [0.3, 0.4) is 0 Å². The highest BCUT2D eigenvalue weighted by molar-refractivity contribution is 7.10. The molecule has 0 radical (unpaired) electrons. The highest BCUT2D eigenvalue weighted by atomic mass is 32.1. The lowest BCUT2D eigenvalue weighted by atomic mass is 10.1. The van der Waals surface area contributed by atoms with Crippen LogP contribution in [0.15, 0.2) is 60.1 Å². The number of benzene rings is 1. The van der Waals surface area contributed by atoms with E-state index in [1.807, 2.05) is 60.8 Å². The van der Waals surface area contributed by atoms with Crippen molar-refractivity contribution in [3.63, 3.8) is 0 Å². The van der Waals surface area contributed by atoms with Crippen LogP contribution in [0.2, 0.25) is 0 Å². The Morgan fingerprint density at radius 3 is 2.72 bits per heavy atom. The van der Waals surface area contributed by atoms with Crippen molar-refractivity contribution < 1.29 is 4.79 Å². The summed E-state index contributed by atoms with van der Waals surface area (Å²) in [5.41, 5.74) is 1.88. The Kier molecular flexibility index (Phi) is 3.99. The lowest BCUT2D eigenvalue weighted by molar-refractivity contribution is 0.0933. The number of aryl methyl sites for hydroxylation is 1. The summed E-state index contributed by atoms with van der Waals surface area (Å²) >= 11 is 1.60. The molecule has 0 saturated carbocycles. The minimum atomic E-state index is -0.327. The molecule has 1 unspecified atom stereocenters. The molecule has 124 valence electrons. The Labute approximate surface area is 148 Å². The van der Waals surface area contributed by atoms with E-state index >= 15 is 0 Å². The number of nitrogens with zero attached hydrogens (tertiary/aromatic N) is 4. The van der Waals surface area contributed by atoms with Gasteiger partial charge in [-0.15, -0.1) is 16.4 Å². The second-order valence-corrected chi connectivity index (χ2v) is 6.55. The molecule has 0 aliphatic carbocycles. The van der Waals surface area contributed by atoms with Gasteiger partial charge in [0.1, 0.15) is 0 Å². The highest BCUT2D eigenvalue weighted by Gasteiger charge is 2.21. The summed E-state index contributed by atoms with van der Waals surface area (Å²) in [6.07, 6.45) is 1.65. The maximum absolute atomic E-state index is 12.7. The molecule has 6 nitrogen and oxygen atoms in total. The number of nitrogens with one attached hydrogen (secondary N) is 1. The van der Waals surface area contributed by atoms with Gasteiger partial charge in [0.15, 0.2) is 0 Å². The number of hydrogen-bond donors (Lipinski definition) is 1. The lowest BCUT2D eigenvalue weighted by Crippen LogP contribution is -2.29. The van der Waals surface area contributed by atoms with Crippen molar-refractivity contribution in [1.29, 1.82) is 0 Å². The fourth-order valence-corrected chi connectivity index (χ4v) is 3.42. The van der Waals surface area contributed by atoms with Crippen LogP contribution in [0.1, 0.15) is 32.8 Å². The molecular weight excluding hydrogens is 334 g/mol. The van der Waals surface area contributed by atoms with Gasteiger partial charge < -0.3 is 5.32 Å². The first-order chi connectivity index (χ1) is 12.2. The van der Waals surface area contributed by atoms with Gasteiger partial charge >= 0.3 is 0 Å². The Morgan fingerprint density at radius 1 is 1.16 bits per heavy atom. The molecule has 3 aromatic heterocycles. The monoisotopic (exact) mass is 349 g/mol. The molecule has 1 aromatic carbocycles. The second-order valence-electron chi connectivity index (χ2n) is 5.57. The molecule has 7 heteroatoms. The van der Waals surface area contributed by atoms with Crippen LogP contribution in [0, 0.1) is 6.92 Å². The molecule has 0 fully saturated rings. The standard InChI is InChI=1S/C18H15N5OS/c1-12-9-10-19-18-21-16(22-23(12)18)17(24)20-15(14-8-5-11-25-14)13-6-3-2-4-7-13/h2-11,15H,1H3,(H,20,24). The molecule has 0 spiro atoms. The van der Waals surface area contributed by atoms with E-state index in [1.165, 1.54) is 0 Å². The van der Waals surface area contributed by atoms with Gasteiger partial charge in [-0.25, -0.2) is 9.50 Å². The van der Waals surface area contributed by atoms with Crippen molar-refractivity contribution in [3.8, 4) is 0 Å². The molecule has 0 aliphatic heterocycles. The van der Waals surface area contributed by atoms with Crippen molar-refractivity contribution in [3.05, 3.63) is 82.1 Å². The van der Waals surface area contributed by atoms with Crippen LogP contribution >= 0.6 is 11.3 Å². The zero-order chi connectivity index (χ0) is 17.2. The first-order valence-electron chi connectivity index (χ1n) is 7.80. The predicted octanol–water partition coefficient (Wildman–Crippen LogP) is 3.01. The molecule has 4 aromatic rings. The fraction of sp³-hybridized carbons (Fsp3) is 0.111. The van der Waals surface area contributed by atoms with Gasteiger partial charge in [-0.3, -0.25) is 4.79 Å². The fourth-order valence-electron chi connectivity index (χ4n) is 2.62. The first-order valence-corrected chi connectivity index (χ1v) is 8.68. The number of thiophene rings is 1. The molecule has 1 atom stereocenters. The number of amides is 1. The summed E-state index contributed by atoms with van der Waals surface area (Å²) in [5.74, 6) is 0.198. The molecule has 25 heavy (non-hydrogen) atoms. The van der Waals surface area contributed by atoms with Crippen LogP contribution in [0.4, 0.5) is 0 Å². The number of carbonyl (C=O) groups is 1. The largest absolute Gasteiger partial charge is 0.338 e. The number of carbonyl (C=O) groups excluding carboxylic acids is 1. The van der Waals surface area contributed by atoms with E-state index in [0.29, 0.717) is 5.78 Å². The van der Waals surface area contributed by atoms with Gasteiger partial charge in [0.25, 0.3) is 11.7 Å². The van der Waals surface area contributed by atoms with Crippen LogP contribution < -0.4 is 5.32 Å². The number of aromatic nitrogens is 4. The summed E-state index contributed by atoms with van der Waals surface area (Å²) in [7, 11) is 0. The van der Waals surface area contributed by atoms with Crippen molar-refractivity contribution in [2.24, 2.45) is 0 Å². The van der Waals surface area contributed by atoms with Crippen molar-refractivity contribution >= 4 is 23.0 Å². The Hall–Kier alpha value is -3.06. The molecule has 1 N–H and O–H groups in total. The van der Waals surface area contributed by atoms with Gasteiger partial charge in [-0.2, -0.15) is 4.98 Å². The van der Waals surface area contributed by atoms with E-state index in [4.69, 9.17) is 0 Å². The minimum Gasteiger partial charge on any atom is -0.338 e. The van der Waals surface area contributed by atoms with Gasteiger partial charge in [-0.1, -0.05) is 36.4 Å². The van der Waals surface area contributed by atoms with Crippen LogP contribution in [0.5, 0.6) is 0 Å². The second kappa shape index (κ2) is 6.45. The molecule has 0 saturated heterocycles. The van der Waals surface area contributed by atoms with Crippen molar-refractivity contribution in [2.75, 3.05) is 0 Å². The van der Waals surface area contributed by atoms with Gasteiger partial charge in [-0.05, 0) is 30.0 Å². The summed E-state index contributed by atoms with van der Waals surface area (Å²) < 4.78 is 1.57. The Morgan fingerprint density at radius 2 is 2.00 bits per heavy atom. The first kappa shape index (κ1) is 15.5. The molecule has 4 rings (SSSR count). The van der Waals surface area contributed by atoms with E-state index < -0.39 is 0 Å². The third-order valence-electron chi connectivity index (χ3n) is 3.87. The average Bonchev–Trinajstić information content (AvgIpc) is 3.30. The maximum atomic E-state index is 12.7.